The number of halogens is 4. The molecule has 0 heterocycles. The smallest absolute Gasteiger partial charge is 0.137 e. The lowest BCUT2D eigenvalue weighted by atomic mass is 10.0. The molecule has 2 rings (SSSR count). The molecule has 0 nitrogen and oxygen atoms in total. The maximum atomic E-state index is 13.9. The summed E-state index contributed by atoms with van der Waals surface area (Å²) in [7, 11) is 0. The van der Waals surface area contributed by atoms with E-state index in [1.165, 1.54) is 11.6 Å². The standard InChI is InChI=1S/C15H12Br2F2/c1-2-9-3-5-10(6-4-9)15(17)11-7-14(19)12(16)8-13(11)18/h3-8,15H,2H2,1H3. The number of aryl methyl sites for hydroxylation is 1. The van der Waals surface area contributed by atoms with Crippen molar-refractivity contribution < 1.29 is 8.78 Å². The lowest BCUT2D eigenvalue weighted by Crippen LogP contribution is -1.98. The highest BCUT2D eigenvalue weighted by molar-refractivity contribution is 9.10. The molecule has 0 bridgehead atoms. The van der Waals surface area contributed by atoms with Crippen molar-refractivity contribution in [3.8, 4) is 0 Å². The molecule has 2 aromatic carbocycles. The third-order valence-corrected chi connectivity index (χ3v) is 4.62. The van der Waals surface area contributed by atoms with Crippen molar-refractivity contribution in [3.05, 3.63) is 69.2 Å². The predicted octanol–water partition coefficient (Wildman–Crippen LogP) is 5.77. The molecule has 4 heteroatoms. The molecule has 0 aliphatic rings. The van der Waals surface area contributed by atoms with Gasteiger partial charge < -0.3 is 0 Å². The van der Waals surface area contributed by atoms with Gasteiger partial charge in [-0.05, 0) is 45.6 Å². The highest BCUT2D eigenvalue weighted by Gasteiger charge is 2.17. The van der Waals surface area contributed by atoms with E-state index in [1.807, 2.05) is 24.3 Å². The van der Waals surface area contributed by atoms with E-state index in [1.54, 1.807) is 0 Å². The molecular weight excluding hydrogens is 378 g/mol. The van der Waals surface area contributed by atoms with Gasteiger partial charge in [-0.1, -0.05) is 47.1 Å². The van der Waals surface area contributed by atoms with Crippen molar-refractivity contribution in [3.63, 3.8) is 0 Å². The summed E-state index contributed by atoms with van der Waals surface area (Å²) in [6.07, 6.45) is 0.953. The van der Waals surface area contributed by atoms with E-state index in [0.29, 0.717) is 5.56 Å². The molecule has 100 valence electrons. The van der Waals surface area contributed by atoms with Crippen molar-refractivity contribution in [2.24, 2.45) is 0 Å². The second kappa shape index (κ2) is 6.14. The fourth-order valence-corrected chi connectivity index (χ4v) is 2.81. The van der Waals surface area contributed by atoms with Gasteiger partial charge in [0, 0.05) is 5.56 Å². The van der Waals surface area contributed by atoms with Gasteiger partial charge in [0.1, 0.15) is 11.6 Å². The van der Waals surface area contributed by atoms with Gasteiger partial charge in [-0.2, -0.15) is 0 Å². The molecule has 0 aromatic heterocycles. The van der Waals surface area contributed by atoms with Crippen molar-refractivity contribution in [2.45, 2.75) is 18.2 Å². The van der Waals surface area contributed by atoms with Crippen LogP contribution in [0.4, 0.5) is 8.78 Å². The highest BCUT2D eigenvalue weighted by Crippen LogP contribution is 2.34. The molecule has 0 saturated heterocycles. The molecule has 0 N–H and O–H groups in total. The van der Waals surface area contributed by atoms with Crippen molar-refractivity contribution in [1.82, 2.24) is 0 Å². The lowest BCUT2D eigenvalue weighted by molar-refractivity contribution is 0.583. The number of hydrogen-bond donors (Lipinski definition) is 0. The molecule has 0 aliphatic heterocycles. The Morgan fingerprint density at radius 1 is 1.05 bits per heavy atom. The topological polar surface area (TPSA) is 0 Å². The van der Waals surface area contributed by atoms with Crippen molar-refractivity contribution in [1.29, 1.82) is 0 Å². The summed E-state index contributed by atoms with van der Waals surface area (Å²) in [5, 5.41) is 0. The molecule has 0 radical (unpaired) electrons. The summed E-state index contributed by atoms with van der Waals surface area (Å²) < 4.78 is 27.5. The minimum atomic E-state index is -0.467. The van der Waals surface area contributed by atoms with Gasteiger partial charge in [-0.3, -0.25) is 0 Å². The minimum Gasteiger partial charge on any atom is -0.207 e. The first kappa shape index (κ1) is 14.7. The monoisotopic (exact) mass is 388 g/mol. The van der Waals surface area contributed by atoms with Crippen LogP contribution in [0.3, 0.4) is 0 Å². The van der Waals surface area contributed by atoms with Crippen molar-refractivity contribution >= 4 is 31.9 Å². The molecule has 0 saturated carbocycles. The van der Waals surface area contributed by atoms with Crippen LogP contribution in [0.25, 0.3) is 0 Å². The van der Waals surface area contributed by atoms with Crippen LogP contribution in [0.15, 0.2) is 40.9 Å². The maximum Gasteiger partial charge on any atom is 0.137 e. The molecule has 0 fully saturated rings. The Balaban J connectivity index is 2.37. The first-order valence-corrected chi connectivity index (χ1v) is 7.61. The first-order valence-electron chi connectivity index (χ1n) is 5.90. The Bertz CT molecular complexity index is 579. The molecule has 0 aliphatic carbocycles. The number of benzene rings is 2. The van der Waals surface area contributed by atoms with Crippen LogP contribution in [0.5, 0.6) is 0 Å². The predicted molar refractivity (Wildman–Crippen MR) is 80.6 cm³/mol. The minimum absolute atomic E-state index is 0.134. The van der Waals surface area contributed by atoms with Crippen LogP contribution in [0, 0.1) is 11.6 Å². The van der Waals surface area contributed by atoms with Gasteiger partial charge in [0.2, 0.25) is 0 Å². The second-order valence-electron chi connectivity index (χ2n) is 4.25. The van der Waals surface area contributed by atoms with Crippen LogP contribution < -0.4 is 0 Å². The van der Waals surface area contributed by atoms with Crippen LogP contribution in [0.2, 0.25) is 0 Å². The largest absolute Gasteiger partial charge is 0.207 e. The van der Waals surface area contributed by atoms with Gasteiger partial charge in [0.25, 0.3) is 0 Å². The second-order valence-corrected chi connectivity index (χ2v) is 6.02. The van der Waals surface area contributed by atoms with Gasteiger partial charge in [0.15, 0.2) is 0 Å². The SMILES string of the molecule is CCc1ccc(C(Br)c2cc(F)c(Br)cc2F)cc1. The number of hydrogen-bond acceptors (Lipinski definition) is 0. The van der Waals surface area contributed by atoms with E-state index in [9.17, 15) is 8.78 Å². The Labute approximate surface area is 128 Å². The van der Waals surface area contributed by atoms with E-state index < -0.39 is 11.6 Å². The molecule has 1 unspecified atom stereocenters. The summed E-state index contributed by atoms with van der Waals surface area (Å²) in [4.78, 5) is -0.360. The zero-order valence-corrected chi connectivity index (χ0v) is 13.4. The van der Waals surface area contributed by atoms with Gasteiger partial charge in [-0.15, -0.1) is 0 Å². The van der Waals surface area contributed by atoms with E-state index in [0.717, 1.165) is 18.1 Å². The van der Waals surface area contributed by atoms with Gasteiger partial charge >= 0.3 is 0 Å². The summed E-state index contributed by atoms with van der Waals surface area (Å²) in [5.74, 6) is -0.902. The van der Waals surface area contributed by atoms with Crippen LogP contribution in [-0.2, 0) is 6.42 Å². The molecular formula is C15H12Br2F2. The van der Waals surface area contributed by atoms with Gasteiger partial charge in [-0.25, -0.2) is 8.78 Å². The summed E-state index contributed by atoms with van der Waals surface area (Å²) in [6.45, 7) is 2.07. The van der Waals surface area contributed by atoms with Crippen molar-refractivity contribution in [2.75, 3.05) is 0 Å². The fourth-order valence-electron chi connectivity index (χ4n) is 1.83. The summed E-state index contributed by atoms with van der Waals surface area (Å²) in [6, 6.07) is 10.2. The zero-order chi connectivity index (χ0) is 14.0. The van der Waals surface area contributed by atoms with Crippen LogP contribution in [0.1, 0.15) is 28.4 Å². The number of alkyl halides is 1. The Kier molecular flexibility index (Phi) is 4.74. The summed E-state index contributed by atoms with van der Waals surface area (Å²) >= 11 is 6.40. The van der Waals surface area contributed by atoms with Crippen LogP contribution >= 0.6 is 31.9 Å². The average molecular weight is 390 g/mol. The third-order valence-electron chi connectivity index (χ3n) is 2.99. The van der Waals surface area contributed by atoms with E-state index in [4.69, 9.17) is 0 Å². The molecule has 2 aromatic rings. The maximum absolute atomic E-state index is 13.9. The first-order chi connectivity index (χ1) is 9.02. The van der Waals surface area contributed by atoms with Crippen LogP contribution in [-0.4, -0.2) is 0 Å². The quantitative estimate of drug-likeness (QED) is 0.461. The molecule has 0 amide bonds. The third kappa shape index (κ3) is 3.23. The summed E-state index contributed by atoms with van der Waals surface area (Å²) in [5.41, 5.74) is 2.41. The molecule has 19 heavy (non-hydrogen) atoms. The normalized spacial score (nSPS) is 12.5. The fraction of sp³-hybridized carbons (Fsp3) is 0.200. The molecule has 1 atom stereocenters. The van der Waals surface area contributed by atoms with E-state index in [-0.39, 0.29) is 9.30 Å². The Morgan fingerprint density at radius 2 is 1.68 bits per heavy atom. The van der Waals surface area contributed by atoms with E-state index >= 15 is 0 Å². The Morgan fingerprint density at radius 3 is 2.26 bits per heavy atom. The zero-order valence-electron chi connectivity index (χ0n) is 10.3. The highest BCUT2D eigenvalue weighted by atomic mass is 79.9. The van der Waals surface area contributed by atoms with E-state index in [2.05, 4.69) is 38.8 Å². The average Bonchev–Trinajstić information content (AvgIpc) is 2.42. The van der Waals surface area contributed by atoms with Gasteiger partial charge in [0.05, 0.1) is 9.30 Å². The lowest BCUT2D eigenvalue weighted by Gasteiger charge is -2.13. The number of rotatable bonds is 3. The Hall–Kier alpha value is -0.740. The molecule has 0 spiro atoms.